The Morgan fingerprint density at radius 3 is 2.78 bits per heavy atom. The zero-order valence-corrected chi connectivity index (χ0v) is 9.44. The molecule has 0 fully saturated rings. The van der Waals surface area contributed by atoms with Crippen LogP contribution in [0.5, 0.6) is 0 Å². The van der Waals surface area contributed by atoms with Gasteiger partial charge in [-0.05, 0) is 10.4 Å². The third-order valence-corrected chi connectivity index (χ3v) is 2.95. The smallest absolute Gasteiger partial charge is 0.286 e. The zero-order chi connectivity index (χ0) is 12.1. The number of nitrogens with zero attached hydrogens (tertiary/aromatic N) is 7. The molecule has 1 aromatic carbocycles. The standard InChI is InChI=1S/C11H7N7/c1-12-8-6-4-2-3-5-7(6)9-10(8)13-11-14-16-17-18(11)15-9/h2-5H,1H3. The van der Waals surface area contributed by atoms with E-state index in [9.17, 15) is 0 Å². The Hall–Kier alpha value is -2.70. The van der Waals surface area contributed by atoms with E-state index in [1.54, 1.807) is 7.05 Å². The predicted molar refractivity (Wildman–Crippen MR) is 63.4 cm³/mol. The highest BCUT2D eigenvalue weighted by atomic mass is 15.6. The second kappa shape index (κ2) is 3.16. The minimum Gasteiger partial charge on any atom is -0.286 e. The Morgan fingerprint density at radius 1 is 1.11 bits per heavy atom. The summed E-state index contributed by atoms with van der Waals surface area (Å²) in [7, 11) is 1.75. The zero-order valence-electron chi connectivity index (χ0n) is 9.44. The summed E-state index contributed by atoms with van der Waals surface area (Å²) in [4.78, 5) is 8.71. The molecular weight excluding hydrogens is 230 g/mol. The number of hydrogen-bond donors (Lipinski definition) is 0. The van der Waals surface area contributed by atoms with Gasteiger partial charge in [0.25, 0.3) is 5.78 Å². The molecular formula is C11H7N7. The van der Waals surface area contributed by atoms with Gasteiger partial charge in [0, 0.05) is 18.2 Å². The van der Waals surface area contributed by atoms with Crippen molar-refractivity contribution in [3.05, 3.63) is 35.5 Å². The summed E-state index contributed by atoms with van der Waals surface area (Å²) in [6, 6.07) is 7.94. The summed E-state index contributed by atoms with van der Waals surface area (Å²) < 4.78 is 1.33. The first kappa shape index (κ1) is 9.34. The molecule has 3 aromatic rings. The Kier molecular flexibility index (Phi) is 1.64. The van der Waals surface area contributed by atoms with E-state index in [4.69, 9.17) is 0 Å². The number of fused-ring (bicyclic) bond motifs is 4. The molecule has 0 N–H and O–H groups in total. The molecule has 0 aliphatic heterocycles. The predicted octanol–water partition coefficient (Wildman–Crippen LogP) is 0.362. The first-order chi connectivity index (χ1) is 8.88. The van der Waals surface area contributed by atoms with Gasteiger partial charge in [-0.2, -0.15) is 0 Å². The molecule has 0 saturated carbocycles. The van der Waals surface area contributed by atoms with Gasteiger partial charge in [0.2, 0.25) is 0 Å². The maximum Gasteiger partial charge on any atom is 0.291 e. The second-order valence-corrected chi connectivity index (χ2v) is 3.90. The number of rotatable bonds is 0. The average Bonchev–Trinajstić information content (AvgIpc) is 2.97. The molecule has 18 heavy (non-hydrogen) atoms. The number of benzene rings is 1. The van der Waals surface area contributed by atoms with Crippen LogP contribution in [0.2, 0.25) is 0 Å². The summed E-state index contributed by atoms with van der Waals surface area (Å²) in [5.41, 5.74) is 4.39. The van der Waals surface area contributed by atoms with Crippen LogP contribution in [0.3, 0.4) is 0 Å². The lowest BCUT2D eigenvalue weighted by molar-refractivity contribution is 0.729. The molecule has 2 heterocycles. The normalized spacial score (nSPS) is 15.1. The van der Waals surface area contributed by atoms with Crippen LogP contribution in [-0.2, 0) is 0 Å². The van der Waals surface area contributed by atoms with E-state index >= 15 is 0 Å². The fourth-order valence-electron chi connectivity index (χ4n) is 2.20. The monoisotopic (exact) mass is 237 g/mol. The van der Waals surface area contributed by atoms with Crippen LogP contribution in [0.4, 0.5) is 0 Å². The van der Waals surface area contributed by atoms with Crippen molar-refractivity contribution in [2.45, 2.75) is 0 Å². The van der Waals surface area contributed by atoms with Crippen LogP contribution in [0.25, 0.3) is 17.0 Å². The molecule has 86 valence electrons. The van der Waals surface area contributed by atoms with Gasteiger partial charge in [0.05, 0.1) is 5.71 Å². The summed E-state index contributed by atoms with van der Waals surface area (Å²) in [6.07, 6.45) is 0. The third kappa shape index (κ3) is 1.03. The Labute approximate surface area is 101 Å². The third-order valence-electron chi connectivity index (χ3n) is 2.95. The molecule has 2 aromatic heterocycles. The Balaban J connectivity index is 2.16. The largest absolute Gasteiger partial charge is 0.291 e. The summed E-state index contributed by atoms with van der Waals surface area (Å²) in [5.74, 6) is 0.378. The van der Waals surface area contributed by atoms with E-state index in [-0.39, 0.29) is 0 Å². The lowest BCUT2D eigenvalue weighted by Gasteiger charge is -1.97. The summed E-state index contributed by atoms with van der Waals surface area (Å²) >= 11 is 0. The maximum atomic E-state index is 4.42. The fourth-order valence-corrected chi connectivity index (χ4v) is 2.20. The van der Waals surface area contributed by atoms with Crippen molar-refractivity contribution in [3.63, 3.8) is 0 Å². The fraction of sp³-hybridized carbons (Fsp3) is 0.0909. The van der Waals surface area contributed by atoms with Crippen molar-refractivity contribution in [2.75, 3.05) is 7.05 Å². The molecule has 7 heteroatoms. The van der Waals surface area contributed by atoms with Gasteiger partial charge >= 0.3 is 0 Å². The minimum absolute atomic E-state index is 0.378. The molecule has 1 aliphatic rings. The minimum atomic E-state index is 0.378. The molecule has 0 bridgehead atoms. The Bertz CT molecular complexity index is 802. The van der Waals surface area contributed by atoms with Gasteiger partial charge in [-0.15, -0.1) is 5.10 Å². The van der Waals surface area contributed by atoms with E-state index in [1.807, 2.05) is 24.3 Å². The highest BCUT2D eigenvalue weighted by molar-refractivity contribution is 6.22. The molecule has 4 rings (SSSR count). The van der Waals surface area contributed by atoms with Crippen molar-refractivity contribution < 1.29 is 0 Å². The molecule has 0 amide bonds. The van der Waals surface area contributed by atoms with Crippen molar-refractivity contribution in [2.24, 2.45) is 4.99 Å². The van der Waals surface area contributed by atoms with Crippen molar-refractivity contribution >= 4 is 11.5 Å². The quantitative estimate of drug-likeness (QED) is 0.441. The van der Waals surface area contributed by atoms with E-state index in [1.165, 1.54) is 4.63 Å². The summed E-state index contributed by atoms with van der Waals surface area (Å²) in [5, 5.41) is 15.5. The van der Waals surface area contributed by atoms with E-state index < -0.39 is 0 Å². The Morgan fingerprint density at radius 2 is 1.94 bits per heavy atom. The van der Waals surface area contributed by atoms with Gasteiger partial charge in [0.1, 0.15) is 11.4 Å². The number of tetrazole rings is 1. The number of aromatic nitrogens is 6. The maximum absolute atomic E-state index is 4.42. The first-order valence-electron chi connectivity index (χ1n) is 5.42. The first-order valence-corrected chi connectivity index (χ1v) is 5.42. The molecule has 0 spiro atoms. The lowest BCUT2D eigenvalue weighted by Crippen LogP contribution is -2.05. The van der Waals surface area contributed by atoms with Crippen LogP contribution in [-0.4, -0.2) is 43.0 Å². The molecule has 0 saturated heterocycles. The molecule has 1 aliphatic carbocycles. The van der Waals surface area contributed by atoms with Crippen LogP contribution in [0.1, 0.15) is 11.3 Å². The van der Waals surface area contributed by atoms with Gasteiger partial charge < -0.3 is 0 Å². The highest BCUT2D eigenvalue weighted by Crippen LogP contribution is 2.33. The van der Waals surface area contributed by atoms with E-state index in [0.717, 1.165) is 28.2 Å². The van der Waals surface area contributed by atoms with Gasteiger partial charge in [-0.25, -0.2) is 4.98 Å². The van der Waals surface area contributed by atoms with E-state index in [0.29, 0.717) is 5.78 Å². The van der Waals surface area contributed by atoms with Gasteiger partial charge in [-0.1, -0.05) is 34.0 Å². The van der Waals surface area contributed by atoms with Crippen molar-refractivity contribution in [3.8, 4) is 11.3 Å². The molecule has 0 atom stereocenters. The van der Waals surface area contributed by atoms with E-state index in [2.05, 4.69) is 30.6 Å². The van der Waals surface area contributed by atoms with Crippen molar-refractivity contribution in [1.82, 2.24) is 30.2 Å². The number of hydrogen-bond acceptors (Lipinski definition) is 6. The molecule has 0 radical (unpaired) electrons. The highest BCUT2D eigenvalue weighted by Gasteiger charge is 2.28. The second-order valence-electron chi connectivity index (χ2n) is 3.90. The molecule has 0 unspecified atom stereocenters. The lowest BCUT2D eigenvalue weighted by atomic mass is 10.1. The van der Waals surface area contributed by atoms with Gasteiger partial charge in [-0.3, -0.25) is 4.99 Å². The molecule has 7 nitrogen and oxygen atoms in total. The van der Waals surface area contributed by atoms with Crippen LogP contribution < -0.4 is 0 Å². The van der Waals surface area contributed by atoms with Crippen LogP contribution >= 0.6 is 0 Å². The number of aliphatic imine (C=N–C) groups is 1. The topological polar surface area (TPSA) is 81.2 Å². The SMILES string of the molecule is CN=C1c2ccccc2-c2nn3nnnc3nc21. The van der Waals surface area contributed by atoms with Gasteiger partial charge in [0.15, 0.2) is 0 Å². The van der Waals surface area contributed by atoms with Crippen LogP contribution in [0, 0.1) is 0 Å². The van der Waals surface area contributed by atoms with Crippen LogP contribution in [0.15, 0.2) is 29.3 Å². The van der Waals surface area contributed by atoms with Crippen molar-refractivity contribution in [1.29, 1.82) is 0 Å². The average molecular weight is 237 g/mol. The summed E-state index contributed by atoms with van der Waals surface area (Å²) in [6.45, 7) is 0.